The number of aryl methyl sites for hydroxylation is 3. The fourth-order valence-corrected chi connectivity index (χ4v) is 2.75. The summed E-state index contributed by atoms with van der Waals surface area (Å²) in [5.41, 5.74) is 4.33. The van der Waals surface area contributed by atoms with Gasteiger partial charge in [0.05, 0.1) is 0 Å². The van der Waals surface area contributed by atoms with Crippen molar-refractivity contribution >= 4 is 22.5 Å². The van der Waals surface area contributed by atoms with Gasteiger partial charge in [-0.2, -0.15) is 0 Å². The molecule has 4 heteroatoms. The van der Waals surface area contributed by atoms with Gasteiger partial charge in [-0.1, -0.05) is 23.8 Å². The summed E-state index contributed by atoms with van der Waals surface area (Å²) in [7, 11) is 0. The Bertz CT molecular complexity index is 957. The number of carbonyl (C=O) groups is 1. The van der Waals surface area contributed by atoms with Crippen molar-refractivity contribution in [2.75, 3.05) is 5.32 Å². The minimum Gasteiger partial charge on any atom is -0.326 e. The first-order chi connectivity index (χ1) is 11.5. The van der Waals surface area contributed by atoms with Crippen LogP contribution >= 0.6 is 0 Å². The summed E-state index contributed by atoms with van der Waals surface area (Å²) in [5.74, 6) is -0.0932. The van der Waals surface area contributed by atoms with Crippen LogP contribution in [0.2, 0.25) is 0 Å². The molecule has 3 rings (SSSR count). The molecule has 0 aliphatic carbocycles. The number of nitrogens with one attached hydrogen (secondary N) is 2. The molecule has 3 aromatic rings. The van der Waals surface area contributed by atoms with Crippen LogP contribution in [0.4, 0.5) is 5.69 Å². The number of anilines is 1. The predicted octanol–water partition coefficient (Wildman–Crippen LogP) is 3.72. The van der Waals surface area contributed by atoms with Crippen molar-refractivity contribution < 1.29 is 4.79 Å². The number of pyridine rings is 1. The van der Waals surface area contributed by atoms with Gasteiger partial charge in [-0.25, -0.2) is 0 Å². The average Bonchev–Trinajstić information content (AvgIpc) is 2.53. The predicted molar refractivity (Wildman–Crippen MR) is 97.4 cm³/mol. The van der Waals surface area contributed by atoms with Gasteiger partial charge >= 0.3 is 0 Å². The van der Waals surface area contributed by atoms with Gasteiger partial charge in [-0.05, 0) is 61.5 Å². The summed E-state index contributed by atoms with van der Waals surface area (Å²) < 4.78 is 0. The summed E-state index contributed by atoms with van der Waals surface area (Å²) in [6.45, 7) is 3.99. The van der Waals surface area contributed by atoms with Crippen LogP contribution in [0.5, 0.6) is 0 Å². The zero-order chi connectivity index (χ0) is 17.1. The Balaban J connectivity index is 1.72. The van der Waals surface area contributed by atoms with Crippen LogP contribution in [0.25, 0.3) is 10.9 Å². The van der Waals surface area contributed by atoms with E-state index in [1.165, 1.54) is 0 Å². The number of rotatable bonds is 4. The third kappa shape index (κ3) is 3.71. The van der Waals surface area contributed by atoms with Crippen molar-refractivity contribution in [3.8, 4) is 0 Å². The van der Waals surface area contributed by atoms with Crippen molar-refractivity contribution in [3.05, 3.63) is 75.6 Å². The second kappa shape index (κ2) is 6.71. The highest BCUT2D eigenvalue weighted by Gasteiger charge is 2.07. The lowest BCUT2D eigenvalue weighted by Gasteiger charge is -2.07. The Kier molecular flexibility index (Phi) is 4.47. The molecule has 0 unspecified atom stereocenters. The number of fused-ring (bicyclic) bond motifs is 1. The van der Waals surface area contributed by atoms with E-state index in [0.717, 1.165) is 27.7 Å². The lowest BCUT2D eigenvalue weighted by atomic mass is 10.1. The molecule has 0 atom stereocenters. The van der Waals surface area contributed by atoms with Gasteiger partial charge in [0.25, 0.3) is 5.56 Å². The van der Waals surface area contributed by atoms with Crippen LogP contribution in [0.15, 0.2) is 53.3 Å². The van der Waals surface area contributed by atoms with Gasteiger partial charge in [0.15, 0.2) is 0 Å². The van der Waals surface area contributed by atoms with Gasteiger partial charge < -0.3 is 10.3 Å². The molecule has 122 valence electrons. The largest absolute Gasteiger partial charge is 0.326 e. The maximum absolute atomic E-state index is 12.1. The van der Waals surface area contributed by atoms with E-state index in [1.807, 2.05) is 62.4 Å². The second-order valence-corrected chi connectivity index (χ2v) is 6.13. The van der Waals surface area contributed by atoms with Crippen LogP contribution in [-0.4, -0.2) is 10.9 Å². The zero-order valence-corrected chi connectivity index (χ0v) is 13.8. The third-order valence-corrected chi connectivity index (χ3v) is 4.00. The quantitative estimate of drug-likeness (QED) is 0.769. The molecule has 1 aromatic heterocycles. The number of aromatic amines is 1. The van der Waals surface area contributed by atoms with Crippen molar-refractivity contribution in [1.82, 2.24) is 4.98 Å². The van der Waals surface area contributed by atoms with E-state index in [4.69, 9.17) is 0 Å². The second-order valence-electron chi connectivity index (χ2n) is 6.13. The molecule has 0 bridgehead atoms. The Hall–Kier alpha value is -2.88. The maximum atomic E-state index is 12.1. The van der Waals surface area contributed by atoms with Crippen LogP contribution in [-0.2, 0) is 11.2 Å². The first kappa shape index (κ1) is 16.0. The first-order valence-corrected chi connectivity index (χ1v) is 8.00. The van der Waals surface area contributed by atoms with Crippen LogP contribution in [0.3, 0.4) is 0 Å². The minimum absolute atomic E-state index is 0.0932. The van der Waals surface area contributed by atoms with Gasteiger partial charge in [0.2, 0.25) is 5.91 Å². The molecule has 2 N–H and O–H groups in total. The molecular formula is C20H20N2O2. The molecule has 1 heterocycles. The number of hydrogen-bond acceptors (Lipinski definition) is 2. The van der Waals surface area contributed by atoms with E-state index in [2.05, 4.69) is 10.3 Å². The summed E-state index contributed by atoms with van der Waals surface area (Å²) in [5, 5.41) is 3.86. The summed E-state index contributed by atoms with van der Waals surface area (Å²) in [6.07, 6.45) is 0.686. The number of amides is 1. The molecule has 0 aliphatic heterocycles. The molecule has 0 radical (unpaired) electrons. The van der Waals surface area contributed by atoms with Crippen molar-refractivity contribution in [3.63, 3.8) is 0 Å². The van der Waals surface area contributed by atoms with E-state index in [-0.39, 0.29) is 17.9 Å². The Morgan fingerprint density at radius 1 is 1.04 bits per heavy atom. The van der Waals surface area contributed by atoms with Crippen molar-refractivity contribution in [1.29, 1.82) is 0 Å². The molecule has 0 spiro atoms. The topological polar surface area (TPSA) is 62.0 Å². The molecule has 0 fully saturated rings. The normalized spacial score (nSPS) is 10.8. The van der Waals surface area contributed by atoms with Gasteiger partial charge in [-0.3, -0.25) is 9.59 Å². The van der Waals surface area contributed by atoms with Gasteiger partial charge in [0.1, 0.15) is 0 Å². The third-order valence-electron chi connectivity index (χ3n) is 4.00. The Morgan fingerprint density at radius 3 is 2.62 bits per heavy atom. The lowest BCUT2D eigenvalue weighted by molar-refractivity contribution is -0.116. The number of H-pyrrole nitrogens is 1. The fourth-order valence-electron chi connectivity index (χ4n) is 2.75. The van der Waals surface area contributed by atoms with E-state index >= 15 is 0 Å². The average molecular weight is 320 g/mol. The molecule has 0 saturated heterocycles. The van der Waals surface area contributed by atoms with Crippen LogP contribution in [0.1, 0.15) is 23.1 Å². The first-order valence-electron chi connectivity index (χ1n) is 8.00. The molecule has 4 nitrogen and oxygen atoms in total. The van der Waals surface area contributed by atoms with Crippen LogP contribution < -0.4 is 10.9 Å². The number of benzene rings is 2. The lowest BCUT2D eigenvalue weighted by Crippen LogP contribution is -2.17. The summed E-state index contributed by atoms with van der Waals surface area (Å²) in [6, 6.07) is 15.4. The summed E-state index contributed by atoms with van der Waals surface area (Å²) >= 11 is 0. The molecular weight excluding hydrogens is 300 g/mol. The van der Waals surface area contributed by atoms with Crippen molar-refractivity contribution in [2.24, 2.45) is 0 Å². The Labute approximate surface area is 140 Å². The monoisotopic (exact) mass is 320 g/mol. The standard InChI is InChI=1S/C20H20N2O2/c1-13-4-3-5-17(11-13)21-19(23)9-7-15-12-16-10-14(2)6-8-18(16)22-20(15)24/h3-6,8,10-12H,7,9H2,1-2H3,(H,21,23)(H,22,24). The number of carbonyl (C=O) groups excluding carboxylic acids is 1. The van der Waals surface area contributed by atoms with E-state index < -0.39 is 0 Å². The number of hydrogen-bond donors (Lipinski definition) is 2. The zero-order valence-electron chi connectivity index (χ0n) is 13.8. The van der Waals surface area contributed by atoms with Gasteiger partial charge in [-0.15, -0.1) is 0 Å². The van der Waals surface area contributed by atoms with Crippen molar-refractivity contribution in [2.45, 2.75) is 26.7 Å². The van der Waals surface area contributed by atoms with E-state index in [9.17, 15) is 9.59 Å². The molecule has 0 saturated carbocycles. The smallest absolute Gasteiger partial charge is 0.251 e. The summed E-state index contributed by atoms with van der Waals surface area (Å²) in [4.78, 5) is 27.1. The minimum atomic E-state index is -0.130. The fraction of sp³-hybridized carbons (Fsp3) is 0.200. The van der Waals surface area contributed by atoms with E-state index in [0.29, 0.717) is 12.0 Å². The molecule has 1 amide bonds. The van der Waals surface area contributed by atoms with E-state index in [1.54, 1.807) is 0 Å². The SMILES string of the molecule is Cc1cccc(NC(=O)CCc2cc3cc(C)ccc3[nH]c2=O)c1. The highest BCUT2D eigenvalue weighted by atomic mass is 16.1. The van der Waals surface area contributed by atoms with Gasteiger partial charge in [0, 0.05) is 23.2 Å². The highest BCUT2D eigenvalue weighted by molar-refractivity contribution is 5.91. The molecule has 0 aliphatic rings. The molecule has 2 aromatic carbocycles. The molecule has 24 heavy (non-hydrogen) atoms. The number of aromatic nitrogens is 1. The Morgan fingerprint density at radius 2 is 1.83 bits per heavy atom. The van der Waals surface area contributed by atoms with Crippen LogP contribution in [0, 0.1) is 13.8 Å². The highest BCUT2D eigenvalue weighted by Crippen LogP contribution is 2.14. The maximum Gasteiger partial charge on any atom is 0.251 e.